The molecule has 0 amide bonds. The van der Waals surface area contributed by atoms with E-state index in [0.29, 0.717) is 0 Å². The Morgan fingerprint density at radius 2 is 1.79 bits per heavy atom. The fraction of sp³-hybridized carbons (Fsp3) is 0. The third kappa shape index (κ3) is 2.02. The predicted octanol–water partition coefficient (Wildman–Crippen LogP) is 2.55. The minimum Gasteiger partial charge on any atom is -0.355 e. The van der Waals surface area contributed by atoms with Crippen LogP contribution in [0.2, 0.25) is 0 Å². The minimum atomic E-state index is -0.240. The summed E-state index contributed by atoms with van der Waals surface area (Å²) in [6, 6.07) is 9.89. The number of aromatic amines is 1. The van der Waals surface area contributed by atoms with Gasteiger partial charge in [-0.15, -0.1) is 0 Å². The van der Waals surface area contributed by atoms with E-state index in [9.17, 15) is 4.39 Å². The van der Waals surface area contributed by atoms with E-state index < -0.39 is 0 Å². The number of aromatic nitrogens is 1. The van der Waals surface area contributed by atoms with Gasteiger partial charge >= 0.3 is 0 Å². The van der Waals surface area contributed by atoms with E-state index >= 15 is 0 Å². The molecule has 1 nitrogen and oxygen atoms in total. The van der Waals surface area contributed by atoms with Gasteiger partial charge in [0.1, 0.15) is 5.82 Å². The van der Waals surface area contributed by atoms with Crippen LogP contribution in [0.4, 0.5) is 4.39 Å². The van der Waals surface area contributed by atoms with Crippen LogP contribution in [0, 0.1) is 17.7 Å². The Balaban J connectivity index is 2.22. The Labute approximate surface area is 81.6 Å². The molecular formula is C12H8FN. The monoisotopic (exact) mass is 185 g/mol. The molecule has 2 rings (SSSR count). The van der Waals surface area contributed by atoms with Crippen LogP contribution < -0.4 is 0 Å². The highest BCUT2D eigenvalue weighted by Gasteiger charge is 1.88. The summed E-state index contributed by atoms with van der Waals surface area (Å²) < 4.78 is 12.5. The number of halogens is 1. The molecule has 0 aliphatic carbocycles. The van der Waals surface area contributed by atoms with Crippen molar-refractivity contribution in [2.45, 2.75) is 0 Å². The van der Waals surface area contributed by atoms with Crippen LogP contribution in [0.1, 0.15) is 11.3 Å². The zero-order chi connectivity index (χ0) is 9.80. The molecule has 2 aromatic rings. The summed E-state index contributed by atoms with van der Waals surface area (Å²) in [6.07, 6.45) is 1.81. The van der Waals surface area contributed by atoms with Crippen molar-refractivity contribution in [2.75, 3.05) is 0 Å². The summed E-state index contributed by atoms with van der Waals surface area (Å²) in [6.45, 7) is 0. The van der Waals surface area contributed by atoms with Crippen LogP contribution in [0.3, 0.4) is 0 Å². The van der Waals surface area contributed by atoms with Crippen molar-refractivity contribution in [3.8, 4) is 11.8 Å². The largest absolute Gasteiger partial charge is 0.355 e. The molecule has 1 heterocycles. The zero-order valence-corrected chi connectivity index (χ0v) is 7.42. The lowest BCUT2D eigenvalue weighted by Crippen LogP contribution is -1.76. The molecule has 0 fully saturated rings. The van der Waals surface area contributed by atoms with E-state index in [1.165, 1.54) is 12.1 Å². The van der Waals surface area contributed by atoms with Crippen LogP contribution in [-0.4, -0.2) is 4.98 Å². The maximum Gasteiger partial charge on any atom is 0.123 e. The molecule has 68 valence electrons. The number of hydrogen-bond acceptors (Lipinski definition) is 0. The van der Waals surface area contributed by atoms with Crippen LogP contribution >= 0.6 is 0 Å². The molecule has 1 aromatic carbocycles. The fourth-order valence-corrected chi connectivity index (χ4v) is 1.08. The molecule has 0 aliphatic rings. The summed E-state index contributed by atoms with van der Waals surface area (Å²) in [5, 5.41) is 0. The van der Waals surface area contributed by atoms with Gasteiger partial charge in [0, 0.05) is 11.8 Å². The van der Waals surface area contributed by atoms with Crippen LogP contribution in [0.25, 0.3) is 0 Å². The zero-order valence-electron chi connectivity index (χ0n) is 7.42. The van der Waals surface area contributed by atoms with Gasteiger partial charge in [-0.25, -0.2) is 4.39 Å². The molecule has 1 N–H and O–H groups in total. The van der Waals surface area contributed by atoms with Crippen molar-refractivity contribution in [3.05, 3.63) is 59.7 Å². The summed E-state index contributed by atoms with van der Waals surface area (Å²) in [5.74, 6) is 5.62. The highest BCUT2D eigenvalue weighted by atomic mass is 19.1. The first-order chi connectivity index (χ1) is 6.84. The second-order valence-electron chi connectivity index (χ2n) is 2.84. The minimum absolute atomic E-state index is 0.240. The highest BCUT2D eigenvalue weighted by molar-refractivity contribution is 5.39. The van der Waals surface area contributed by atoms with Gasteiger partial charge < -0.3 is 4.98 Å². The van der Waals surface area contributed by atoms with Crippen LogP contribution in [0.15, 0.2) is 42.6 Å². The lowest BCUT2D eigenvalue weighted by Gasteiger charge is -1.88. The summed E-state index contributed by atoms with van der Waals surface area (Å²) >= 11 is 0. The first kappa shape index (κ1) is 8.58. The fourth-order valence-electron chi connectivity index (χ4n) is 1.08. The van der Waals surface area contributed by atoms with E-state index in [0.717, 1.165) is 11.3 Å². The molecule has 0 unspecified atom stereocenters. The SMILES string of the molecule is Fc1ccc(C#Cc2ccc[nH]2)cc1. The maximum absolute atomic E-state index is 12.5. The number of rotatable bonds is 0. The van der Waals surface area contributed by atoms with Gasteiger partial charge in [-0.1, -0.05) is 5.92 Å². The molecule has 0 radical (unpaired) electrons. The Bertz CT molecular complexity index is 457. The summed E-state index contributed by atoms with van der Waals surface area (Å²) in [5.41, 5.74) is 1.66. The van der Waals surface area contributed by atoms with Crippen molar-refractivity contribution < 1.29 is 4.39 Å². The Morgan fingerprint density at radius 1 is 1.00 bits per heavy atom. The van der Waals surface area contributed by atoms with Gasteiger partial charge in [-0.2, -0.15) is 0 Å². The van der Waals surface area contributed by atoms with Crippen molar-refractivity contribution in [1.82, 2.24) is 4.98 Å². The molecule has 0 saturated carbocycles. The van der Waals surface area contributed by atoms with E-state index in [1.54, 1.807) is 12.1 Å². The van der Waals surface area contributed by atoms with Gasteiger partial charge in [0.05, 0.1) is 5.69 Å². The van der Waals surface area contributed by atoms with Crippen molar-refractivity contribution >= 4 is 0 Å². The van der Waals surface area contributed by atoms with Crippen molar-refractivity contribution in [2.24, 2.45) is 0 Å². The lowest BCUT2D eigenvalue weighted by atomic mass is 10.2. The molecule has 14 heavy (non-hydrogen) atoms. The molecule has 0 spiro atoms. The van der Waals surface area contributed by atoms with Crippen LogP contribution in [0.5, 0.6) is 0 Å². The van der Waals surface area contributed by atoms with E-state index in [1.807, 2.05) is 18.3 Å². The standard InChI is InChI=1S/C12H8FN/c13-11-6-3-10(4-7-11)5-8-12-2-1-9-14-12/h1-4,6-7,9,14H. The Morgan fingerprint density at radius 3 is 2.43 bits per heavy atom. The molecule has 0 atom stereocenters. The van der Waals surface area contributed by atoms with Crippen LogP contribution in [-0.2, 0) is 0 Å². The molecule has 1 aromatic heterocycles. The van der Waals surface area contributed by atoms with Gasteiger partial charge in [0.25, 0.3) is 0 Å². The van der Waals surface area contributed by atoms with E-state index in [-0.39, 0.29) is 5.82 Å². The number of hydrogen-bond donors (Lipinski definition) is 1. The number of nitrogens with one attached hydrogen (secondary N) is 1. The molecule has 2 heteroatoms. The van der Waals surface area contributed by atoms with Gasteiger partial charge in [0.2, 0.25) is 0 Å². The number of H-pyrrole nitrogens is 1. The summed E-state index contributed by atoms with van der Waals surface area (Å²) in [4.78, 5) is 2.97. The third-order valence-electron chi connectivity index (χ3n) is 1.78. The molecule has 0 bridgehead atoms. The van der Waals surface area contributed by atoms with Crippen molar-refractivity contribution in [1.29, 1.82) is 0 Å². The smallest absolute Gasteiger partial charge is 0.123 e. The lowest BCUT2D eigenvalue weighted by molar-refractivity contribution is 0.627. The first-order valence-electron chi connectivity index (χ1n) is 4.25. The second kappa shape index (κ2) is 3.80. The van der Waals surface area contributed by atoms with Gasteiger partial charge in [-0.3, -0.25) is 0 Å². The Hall–Kier alpha value is -2.01. The maximum atomic E-state index is 12.5. The second-order valence-corrected chi connectivity index (χ2v) is 2.84. The van der Waals surface area contributed by atoms with Gasteiger partial charge in [0.15, 0.2) is 0 Å². The average molecular weight is 185 g/mol. The van der Waals surface area contributed by atoms with Gasteiger partial charge in [-0.05, 0) is 42.3 Å². The van der Waals surface area contributed by atoms with Crippen molar-refractivity contribution in [3.63, 3.8) is 0 Å². The normalized spacial score (nSPS) is 9.21. The summed E-state index contributed by atoms with van der Waals surface area (Å²) in [7, 11) is 0. The molecular weight excluding hydrogens is 177 g/mol. The predicted molar refractivity (Wildman–Crippen MR) is 53.2 cm³/mol. The number of benzene rings is 1. The topological polar surface area (TPSA) is 15.8 Å². The quantitative estimate of drug-likeness (QED) is 0.607. The Kier molecular flexibility index (Phi) is 2.33. The third-order valence-corrected chi connectivity index (χ3v) is 1.78. The van der Waals surface area contributed by atoms with E-state index in [4.69, 9.17) is 0 Å². The molecule has 0 saturated heterocycles. The van der Waals surface area contributed by atoms with E-state index in [2.05, 4.69) is 16.8 Å². The molecule has 0 aliphatic heterocycles. The highest BCUT2D eigenvalue weighted by Crippen LogP contribution is 2.01. The average Bonchev–Trinajstić information content (AvgIpc) is 2.70. The first-order valence-corrected chi connectivity index (χ1v) is 4.25.